The fraction of sp³-hybridized carbons (Fsp3) is 0. The summed E-state index contributed by atoms with van der Waals surface area (Å²) in [5.74, 6) is 0. The third kappa shape index (κ3) is 231. The number of hydrogen-bond donors (Lipinski definition) is 2. The van der Waals surface area contributed by atoms with Gasteiger partial charge in [0.05, 0.1) is 0 Å². The van der Waals surface area contributed by atoms with E-state index in [0.29, 0.717) is 0 Å². The van der Waals surface area contributed by atoms with Crippen LogP contribution in [0.3, 0.4) is 0 Å². The third-order valence-electron chi connectivity index (χ3n) is 0. The molecule has 7 heteroatoms. The second kappa shape index (κ2) is 4.98. The Morgan fingerprint density at radius 1 is 1.43 bits per heavy atom. The van der Waals surface area contributed by atoms with E-state index in [1.807, 2.05) is 0 Å². The summed E-state index contributed by atoms with van der Waals surface area (Å²) in [5, 5.41) is 3.88. The van der Waals surface area contributed by atoms with Crippen molar-refractivity contribution in [1.29, 1.82) is 0 Å². The Kier molecular flexibility index (Phi) is 11.1. The molecule has 5 N–H and O–H groups in total. The van der Waals surface area contributed by atoms with Gasteiger partial charge in [0.2, 0.25) is 0 Å². The molecule has 0 aliphatic heterocycles. The van der Waals surface area contributed by atoms with Crippen molar-refractivity contribution in [3.05, 3.63) is 0 Å². The van der Waals surface area contributed by atoms with Gasteiger partial charge in [-0.15, -0.1) is 0 Å². The summed E-state index contributed by atoms with van der Waals surface area (Å²) in [6.45, 7) is 0. The molecule has 0 aliphatic rings. The van der Waals surface area contributed by atoms with E-state index < -0.39 is 10.3 Å². The molecule has 0 aromatic carbocycles. The Bertz CT molecular complexity index is 94.9. The second-order valence-electron chi connectivity index (χ2n) is 0.515. The molecule has 0 atom stereocenters. The van der Waals surface area contributed by atoms with Crippen LogP contribution in [-0.4, -0.2) is 48.0 Å². The Morgan fingerprint density at radius 2 is 1.43 bits per heavy atom. The van der Waals surface area contributed by atoms with Crippen LogP contribution in [0.1, 0.15) is 0 Å². The van der Waals surface area contributed by atoms with E-state index in [-0.39, 0.29) is 35.0 Å². The standard InChI is InChI=1S/H3NO3S.Na.H2O.H/c1-5(2,3)4;;;/h(H3,1,2,3,4);;1H2;. The molecule has 0 unspecified atom stereocenters. The maximum absolute atomic E-state index is 8.97. The zero-order valence-corrected chi connectivity index (χ0v) is 3.57. The van der Waals surface area contributed by atoms with Crippen molar-refractivity contribution in [2.24, 2.45) is 5.14 Å². The average Bonchev–Trinajstić information content (AvgIpc) is 0.722. The Morgan fingerprint density at radius 3 is 1.43 bits per heavy atom. The molecule has 0 rings (SSSR count). The van der Waals surface area contributed by atoms with Crippen LogP contribution in [0.4, 0.5) is 0 Å². The average molecular weight is 139 g/mol. The van der Waals surface area contributed by atoms with E-state index in [9.17, 15) is 0 Å². The van der Waals surface area contributed by atoms with Gasteiger partial charge in [0.25, 0.3) is 0 Å². The van der Waals surface area contributed by atoms with E-state index in [1.54, 1.807) is 0 Å². The summed E-state index contributed by atoms with van der Waals surface area (Å²) in [5.41, 5.74) is 0. The molecule has 0 saturated carbocycles. The number of rotatable bonds is 0. The maximum atomic E-state index is 8.97. The topological polar surface area (TPSA) is 112 Å². The Balaban J connectivity index is -0.0000000800. The van der Waals surface area contributed by atoms with Gasteiger partial charge in [0, 0.05) is 0 Å². The van der Waals surface area contributed by atoms with Gasteiger partial charge in [-0.1, -0.05) is 0 Å². The minimum absolute atomic E-state index is 0. The molecule has 0 aliphatic carbocycles. The number of hydrogen-bond acceptors (Lipinski definition) is 2. The van der Waals surface area contributed by atoms with Crippen LogP contribution in [0.5, 0.6) is 0 Å². The Hall–Kier alpha value is 0.830. The molecule has 0 bridgehead atoms. The molecule has 0 heterocycles. The first kappa shape index (κ1) is 15.7. The molecular formula is H6NNaO4S. The predicted octanol–water partition coefficient (Wildman–Crippen LogP) is -2.73. The molecule has 7 heavy (non-hydrogen) atoms. The molecule has 5 nitrogen and oxygen atoms in total. The van der Waals surface area contributed by atoms with Crippen molar-refractivity contribution >= 4 is 39.9 Å². The predicted molar refractivity (Wildman–Crippen MR) is 26.5 cm³/mol. The molecule has 42 valence electrons. The molecule has 0 saturated heterocycles. The van der Waals surface area contributed by atoms with E-state index in [1.165, 1.54) is 0 Å². The summed E-state index contributed by atoms with van der Waals surface area (Å²) in [4.78, 5) is 0. The molecule has 0 aromatic heterocycles. The normalized spacial score (nSPS) is 8.29. The first-order valence-corrected chi connectivity index (χ1v) is 2.25. The number of nitrogens with two attached hydrogens (primary N) is 1. The van der Waals surface area contributed by atoms with Gasteiger partial charge in [-0.25, -0.2) is 5.14 Å². The van der Waals surface area contributed by atoms with E-state index in [0.717, 1.165) is 0 Å². The van der Waals surface area contributed by atoms with Gasteiger partial charge in [-0.2, -0.15) is 8.42 Å². The van der Waals surface area contributed by atoms with Crippen LogP contribution in [-0.2, 0) is 10.3 Å². The van der Waals surface area contributed by atoms with Crippen LogP contribution in [0.15, 0.2) is 0 Å². The molecule has 0 radical (unpaired) electrons. The van der Waals surface area contributed by atoms with Crippen LogP contribution < -0.4 is 5.14 Å². The summed E-state index contributed by atoms with van der Waals surface area (Å²) in [7, 11) is -4.17. The fourth-order valence-electron chi connectivity index (χ4n) is 0. The van der Waals surface area contributed by atoms with Crippen molar-refractivity contribution < 1.29 is 18.4 Å². The van der Waals surface area contributed by atoms with E-state index >= 15 is 0 Å². The zero-order valence-electron chi connectivity index (χ0n) is 2.75. The SMILES string of the molecule is NS(=O)(=O)O.O.[NaH]. The molecule has 0 aromatic rings. The monoisotopic (exact) mass is 139 g/mol. The van der Waals surface area contributed by atoms with Gasteiger partial charge in [-0.3, -0.25) is 4.55 Å². The molecule has 0 spiro atoms. The van der Waals surface area contributed by atoms with Crippen molar-refractivity contribution in [3.63, 3.8) is 0 Å². The van der Waals surface area contributed by atoms with Crippen molar-refractivity contribution in [3.8, 4) is 0 Å². The summed E-state index contributed by atoms with van der Waals surface area (Å²) >= 11 is 0. The molecular weight excluding hydrogens is 133 g/mol. The third-order valence-corrected chi connectivity index (χ3v) is 0. The van der Waals surface area contributed by atoms with Crippen molar-refractivity contribution in [2.45, 2.75) is 0 Å². The molecule has 0 amide bonds. The van der Waals surface area contributed by atoms with Crippen LogP contribution in [0.2, 0.25) is 0 Å². The minimum atomic E-state index is -4.17. The first-order valence-electron chi connectivity index (χ1n) is 0.752. The van der Waals surface area contributed by atoms with Gasteiger partial charge in [0.15, 0.2) is 0 Å². The first-order chi connectivity index (χ1) is 2.00. The van der Waals surface area contributed by atoms with Crippen LogP contribution in [0, 0.1) is 0 Å². The summed E-state index contributed by atoms with van der Waals surface area (Å²) < 4.78 is 25.2. The van der Waals surface area contributed by atoms with Crippen molar-refractivity contribution in [1.82, 2.24) is 0 Å². The summed E-state index contributed by atoms with van der Waals surface area (Å²) in [6.07, 6.45) is 0. The second-order valence-corrected chi connectivity index (χ2v) is 1.54. The zero-order chi connectivity index (χ0) is 4.50. The van der Waals surface area contributed by atoms with Gasteiger partial charge in [0.1, 0.15) is 0 Å². The van der Waals surface area contributed by atoms with Crippen molar-refractivity contribution in [2.75, 3.05) is 0 Å². The molecule has 0 fully saturated rings. The van der Waals surface area contributed by atoms with Gasteiger partial charge >= 0.3 is 39.9 Å². The van der Waals surface area contributed by atoms with E-state index in [2.05, 4.69) is 5.14 Å². The van der Waals surface area contributed by atoms with Crippen LogP contribution in [0.25, 0.3) is 0 Å². The quantitative estimate of drug-likeness (QED) is 0.280. The van der Waals surface area contributed by atoms with Gasteiger partial charge in [-0.05, 0) is 0 Å². The fourth-order valence-corrected chi connectivity index (χ4v) is 0. The van der Waals surface area contributed by atoms with Gasteiger partial charge < -0.3 is 5.48 Å². The summed E-state index contributed by atoms with van der Waals surface area (Å²) in [6, 6.07) is 0. The van der Waals surface area contributed by atoms with E-state index in [4.69, 9.17) is 13.0 Å². The van der Waals surface area contributed by atoms with Crippen LogP contribution >= 0.6 is 0 Å². The Labute approximate surface area is 63.4 Å².